The van der Waals surface area contributed by atoms with E-state index >= 15 is 0 Å². The smallest absolute Gasteiger partial charge is 0.283 e. The summed E-state index contributed by atoms with van der Waals surface area (Å²) in [6.45, 7) is 2.52. The second kappa shape index (κ2) is 7.09. The highest BCUT2D eigenvalue weighted by atomic mass is 79.9. The zero-order valence-corrected chi connectivity index (χ0v) is 14.0. The van der Waals surface area contributed by atoms with E-state index in [1.54, 1.807) is 4.90 Å². The monoisotopic (exact) mass is 369 g/mol. The Morgan fingerprint density at radius 3 is 2.67 bits per heavy atom. The van der Waals surface area contributed by atoms with E-state index in [0.717, 1.165) is 17.0 Å². The van der Waals surface area contributed by atoms with E-state index in [1.165, 1.54) is 0 Å². The van der Waals surface area contributed by atoms with Crippen molar-refractivity contribution in [2.75, 3.05) is 16.8 Å². The minimum absolute atomic E-state index is 0.0629. The highest BCUT2D eigenvalue weighted by Gasteiger charge is 2.21. The van der Waals surface area contributed by atoms with Crippen LogP contribution in [0, 0.1) is 5.92 Å². The Morgan fingerprint density at radius 2 is 2.14 bits per heavy atom. The van der Waals surface area contributed by atoms with Crippen molar-refractivity contribution in [3.63, 3.8) is 0 Å². The van der Waals surface area contributed by atoms with Crippen LogP contribution in [0.5, 0.6) is 0 Å². The van der Waals surface area contributed by atoms with Gasteiger partial charge in [-0.1, -0.05) is 47.6 Å². The van der Waals surface area contributed by atoms with E-state index in [9.17, 15) is 9.59 Å². The summed E-state index contributed by atoms with van der Waals surface area (Å²) >= 11 is 7.20. The van der Waals surface area contributed by atoms with Gasteiger partial charge in [-0.2, -0.15) is 5.10 Å². The molecule has 2 amide bonds. The van der Waals surface area contributed by atoms with Gasteiger partial charge in [-0.3, -0.25) is 9.59 Å². The SMILES string of the molecule is CC1CC(=O)NN=C1c1ccc(N(CCBr)C(=O)S)cc1. The van der Waals surface area contributed by atoms with Gasteiger partial charge < -0.3 is 4.90 Å². The van der Waals surface area contributed by atoms with Crippen LogP contribution in [0.25, 0.3) is 0 Å². The lowest BCUT2D eigenvalue weighted by Crippen LogP contribution is -2.32. The van der Waals surface area contributed by atoms with Crippen LogP contribution in [0.2, 0.25) is 0 Å². The van der Waals surface area contributed by atoms with Crippen molar-refractivity contribution >= 4 is 51.1 Å². The highest BCUT2D eigenvalue weighted by molar-refractivity contribution is 9.09. The molecule has 1 heterocycles. The van der Waals surface area contributed by atoms with Gasteiger partial charge in [-0.15, -0.1) is 0 Å². The minimum atomic E-state index is -0.294. The zero-order chi connectivity index (χ0) is 15.4. The topological polar surface area (TPSA) is 61.8 Å². The molecule has 2 rings (SSSR count). The summed E-state index contributed by atoms with van der Waals surface area (Å²) in [6, 6.07) is 7.52. The highest BCUT2D eigenvalue weighted by Crippen LogP contribution is 2.21. The molecule has 0 aliphatic carbocycles. The largest absolute Gasteiger partial charge is 0.303 e. The third-order valence-electron chi connectivity index (χ3n) is 3.27. The predicted octanol–water partition coefficient (Wildman–Crippen LogP) is 2.80. The van der Waals surface area contributed by atoms with Crippen LogP contribution in [0.1, 0.15) is 18.9 Å². The number of rotatable bonds is 4. The number of amides is 2. The second-order valence-corrected chi connectivity index (χ2v) is 5.98. The molecule has 0 saturated carbocycles. The van der Waals surface area contributed by atoms with Crippen molar-refractivity contribution in [1.82, 2.24) is 5.43 Å². The Morgan fingerprint density at radius 1 is 1.48 bits per heavy atom. The van der Waals surface area contributed by atoms with E-state index in [0.29, 0.717) is 18.3 Å². The number of nitrogens with zero attached hydrogens (tertiary/aromatic N) is 2. The van der Waals surface area contributed by atoms with Gasteiger partial charge >= 0.3 is 0 Å². The molecule has 7 heteroatoms. The van der Waals surface area contributed by atoms with Crippen LogP contribution >= 0.6 is 28.6 Å². The van der Waals surface area contributed by atoms with Crippen LogP contribution < -0.4 is 10.3 Å². The predicted molar refractivity (Wildman–Crippen MR) is 90.4 cm³/mol. The number of hydrogen-bond acceptors (Lipinski definition) is 3. The first-order valence-electron chi connectivity index (χ1n) is 6.56. The second-order valence-electron chi connectivity index (χ2n) is 4.81. The van der Waals surface area contributed by atoms with Crippen LogP contribution in [-0.2, 0) is 4.79 Å². The quantitative estimate of drug-likeness (QED) is 0.633. The summed E-state index contributed by atoms with van der Waals surface area (Å²) in [6.07, 6.45) is 0.436. The summed E-state index contributed by atoms with van der Waals surface area (Å²) in [5.41, 5.74) is 5.08. The molecule has 1 N–H and O–H groups in total. The number of alkyl halides is 1. The number of halogens is 1. The Hall–Kier alpha value is -1.34. The van der Waals surface area contributed by atoms with E-state index < -0.39 is 0 Å². The molecular weight excluding hydrogens is 354 g/mol. The standard InChI is InChI=1S/C14H16BrN3O2S/c1-9-8-12(19)16-17-13(9)10-2-4-11(5-3-10)18(7-6-15)14(20)21/h2-5,9H,6-8H2,1H3,(H,16,19)(H,20,21). The maximum atomic E-state index is 11.5. The molecule has 5 nitrogen and oxygen atoms in total. The number of benzene rings is 1. The minimum Gasteiger partial charge on any atom is -0.303 e. The molecule has 0 aromatic heterocycles. The number of carbonyl (C=O) groups excluding carboxylic acids is 2. The number of anilines is 1. The van der Waals surface area contributed by atoms with Gasteiger partial charge in [0, 0.05) is 29.9 Å². The van der Waals surface area contributed by atoms with Crippen molar-refractivity contribution in [1.29, 1.82) is 0 Å². The van der Waals surface area contributed by atoms with Gasteiger partial charge in [0.05, 0.1) is 5.71 Å². The first kappa shape index (κ1) is 16.0. The molecule has 1 aliphatic rings. The molecule has 0 bridgehead atoms. The van der Waals surface area contributed by atoms with Gasteiger partial charge in [-0.05, 0) is 17.7 Å². The zero-order valence-electron chi connectivity index (χ0n) is 11.5. The lowest BCUT2D eigenvalue weighted by molar-refractivity contribution is -0.121. The fourth-order valence-corrected chi connectivity index (χ4v) is 2.80. The normalized spacial score (nSPS) is 18.0. The first-order chi connectivity index (χ1) is 10.0. The molecule has 0 fully saturated rings. The molecule has 112 valence electrons. The summed E-state index contributed by atoms with van der Waals surface area (Å²) in [4.78, 5) is 24.4. The first-order valence-corrected chi connectivity index (χ1v) is 8.13. The molecular formula is C14H16BrN3O2S. The van der Waals surface area contributed by atoms with Crippen molar-refractivity contribution in [3.8, 4) is 0 Å². The molecule has 21 heavy (non-hydrogen) atoms. The fraction of sp³-hybridized carbons (Fsp3) is 0.357. The number of hydrazone groups is 1. The number of hydrogen-bond donors (Lipinski definition) is 2. The van der Waals surface area contributed by atoms with Crippen LogP contribution in [0.4, 0.5) is 10.5 Å². The van der Waals surface area contributed by atoms with Gasteiger partial charge in [0.1, 0.15) is 0 Å². The van der Waals surface area contributed by atoms with Crippen molar-refractivity contribution in [3.05, 3.63) is 29.8 Å². The maximum Gasteiger partial charge on any atom is 0.283 e. The van der Waals surface area contributed by atoms with E-state index in [4.69, 9.17) is 0 Å². The van der Waals surface area contributed by atoms with Gasteiger partial charge in [0.25, 0.3) is 5.24 Å². The van der Waals surface area contributed by atoms with Gasteiger partial charge in [0.15, 0.2) is 0 Å². The number of carbonyl (C=O) groups is 2. The summed E-state index contributed by atoms with van der Waals surface area (Å²) in [5.74, 6) is 0.0155. The van der Waals surface area contributed by atoms with E-state index in [-0.39, 0.29) is 17.1 Å². The molecule has 1 aromatic carbocycles. The molecule has 1 aromatic rings. The van der Waals surface area contributed by atoms with Crippen LogP contribution in [0.15, 0.2) is 29.4 Å². The fourth-order valence-electron chi connectivity index (χ4n) is 2.23. The average molecular weight is 370 g/mol. The van der Waals surface area contributed by atoms with Crippen molar-refractivity contribution in [2.24, 2.45) is 11.0 Å². The maximum absolute atomic E-state index is 11.5. The molecule has 1 aliphatic heterocycles. The Labute approximate surface area is 137 Å². The van der Waals surface area contributed by atoms with Crippen LogP contribution in [-0.4, -0.2) is 28.7 Å². The lowest BCUT2D eigenvalue weighted by Gasteiger charge is -2.21. The Balaban J connectivity index is 2.22. The Kier molecular flexibility index (Phi) is 5.41. The molecule has 0 radical (unpaired) electrons. The summed E-state index contributed by atoms with van der Waals surface area (Å²) in [5, 5.41) is 4.51. The van der Waals surface area contributed by atoms with Crippen LogP contribution in [0.3, 0.4) is 0 Å². The van der Waals surface area contributed by atoms with E-state index in [1.807, 2.05) is 31.2 Å². The van der Waals surface area contributed by atoms with E-state index in [2.05, 4.69) is 39.1 Å². The number of nitrogens with one attached hydrogen (secondary N) is 1. The molecule has 1 atom stereocenters. The van der Waals surface area contributed by atoms with Gasteiger partial charge in [-0.25, -0.2) is 5.43 Å². The molecule has 0 spiro atoms. The average Bonchev–Trinajstić information content (AvgIpc) is 2.45. The molecule has 1 unspecified atom stereocenters. The lowest BCUT2D eigenvalue weighted by atomic mass is 9.94. The third-order valence-corrected chi connectivity index (χ3v) is 3.87. The molecule has 0 saturated heterocycles. The number of thiol groups is 1. The Bertz CT molecular complexity index is 574. The summed E-state index contributed by atoms with van der Waals surface area (Å²) in [7, 11) is 0. The van der Waals surface area contributed by atoms with Gasteiger partial charge in [0.2, 0.25) is 5.91 Å². The van der Waals surface area contributed by atoms with Crippen molar-refractivity contribution in [2.45, 2.75) is 13.3 Å². The van der Waals surface area contributed by atoms with Crippen molar-refractivity contribution < 1.29 is 9.59 Å². The summed E-state index contributed by atoms with van der Waals surface area (Å²) < 4.78 is 0. The third kappa shape index (κ3) is 3.85.